The topological polar surface area (TPSA) is 26.0 Å². The highest BCUT2D eigenvalue weighted by atomic mass is 14.5. The van der Waals surface area contributed by atoms with Gasteiger partial charge in [0.1, 0.15) is 0 Å². The number of allylic oxidation sites excluding steroid dienone is 1. The molecule has 0 heterocycles. The largest absolute Gasteiger partial charge is 0.330 e. The lowest BCUT2D eigenvalue weighted by molar-refractivity contribution is 0.235. The smallest absolute Gasteiger partial charge is 0.00425 e. The van der Waals surface area contributed by atoms with Gasteiger partial charge in [0.25, 0.3) is 0 Å². The van der Waals surface area contributed by atoms with Crippen LogP contribution in [0.25, 0.3) is 0 Å². The van der Waals surface area contributed by atoms with Crippen molar-refractivity contribution in [1.29, 1.82) is 0 Å². The molecule has 0 saturated heterocycles. The molecule has 2 N–H and O–H groups in total. The van der Waals surface area contributed by atoms with Crippen molar-refractivity contribution in [2.75, 3.05) is 6.54 Å². The molecule has 13 heavy (non-hydrogen) atoms. The highest BCUT2D eigenvalue weighted by molar-refractivity contribution is 5.10. The average molecular weight is 181 g/mol. The molecule has 1 unspecified atom stereocenters. The molecule has 1 heteroatoms. The number of nitrogens with two attached hydrogens (primary N) is 1. The maximum absolute atomic E-state index is 5.50. The van der Waals surface area contributed by atoms with Crippen molar-refractivity contribution >= 4 is 0 Å². The molecule has 0 aliphatic heterocycles. The van der Waals surface area contributed by atoms with Crippen LogP contribution in [0.2, 0.25) is 0 Å². The second-order valence-corrected chi connectivity index (χ2v) is 5.13. The molecule has 0 amide bonds. The molecule has 1 atom stereocenters. The highest BCUT2D eigenvalue weighted by Gasteiger charge is 2.27. The molecule has 0 aromatic rings. The molecular formula is C12H23N. The first-order valence-electron chi connectivity index (χ1n) is 5.44. The second-order valence-electron chi connectivity index (χ2n) is 5.13. The summed E-state index contributed by atoms with van der Waals surface area (Å²) in [5.41, 5.74) is 7.70. The molecule has 1 saturated carbocycles. The zero-order valence-electron chi connectivity index (χ0n) is 9.27. The lowest BCUT2D eigenvalue weighted by Crippen LogP contribution is -2.22. The van der Waals surface area contributed by atoms with Crippen LogP contribution < -0.4 is 5.73 Å². The summed E-state index contributed by atoms with van der Waals surface area (Å²) in [6.45, 7) is 7.90. The Labute approximate surface area is 82.4 Å². The molecule has 0 bridgehead atoms. The third kappa shape index (κ3) is 3.15. The third-order valence-electron chi connectivity index (χ3n) is 3.16. The predicted octanol–water partition coefficient (Wildman–Crippen LogP) is 3.11. The summed E-state index contributed by atoms with van der Waals surface area (Å²) in [6.07, 6.45) is 7.38. The Morgan fingerprint density at radius 1 is 1.54 bits per heavy atom. The van der Waals surface area contributed by atoms with Crippen LogP contribution >= 0.6 is 0 Å². The van der Waals surface area contributed by atoms with Gasteiger partial charge >= 0.3 is 0 Å². The minimum atomic E-state index is 0.555. The molecule has 1 nitrogen and oxygen atoms in total. The SMILES string of the molecule is CC1CC(C)(C)CC/C1=C\CCN. The van der Waals surface area contributed by atoms with Crippen molar-refractivity contribution in [2.24, 2.45) is 17.1 Å². The van der Waals surface area contributed by atoms with Crippen LogP contribution in [0.3, 0.4) is 0 Å². The molecular weight excluding hydrogens is 158 g/mol. The van der Waals surface area contributed by atoms with Crippen LogP contribution in [0.1, 0.15) is 46.5 Å². The van der Waals surface area contributed by atoms with E-state index in [1.165, 1.54) is 19.3 Å². The van der Waals surface area contributed by atoms with E-state index < -0.39 is 0 Å². The van der Waals surface area contributed by atoms with E-state index in [-0.39, 0.29) is 0 Å². The van der Waals surface area contributed by atoms with Crippen LogP contribution in [-0.4, -0.2) is 6.54 Å². The zero-order chi connectivity index (χ0) is 9.90. The van der Waals surface area contributed by atoms with E-state index in [4.69, 9.17) is 5.73 Å². The number of rotatable bonds is 2. The monoisotopic (exact) mass is 181 g/mol. The lowest BCUT2D eigenvalue weighted by atomic mass is 9.70. The predicted molar refractivity (Wildman–Crippen MR) is 58.6 cm³/mol. The van der Waals surface area contributed by atoms with E-state index in [0.29, 0.717) is 5.41 Å². The summed E-state index contributed by atoms with van der Waals surface area (Å²) in [5.74, 6) is 0.773. The Balaban J connectivity index is 2.53. The van der Waals surface area contributed by atoms with Crippen molar-refractivity contribution in [1.82, 2.24) is 0 Å². The van der Waals surface area contributed by atoms with E-state index in [0.717, 1.165) is 18.9 Å². The van der Waals surface area contributed by atoms with Crippen molar-refractivity contribution < 1.29 is 0 Å². The summed E-state index contributed by atoms with van der Waals surface area (Å²) in [5, 5.41) is 0. The van der Waals surface area contributed by atoms with Gasteiger partial charge in [-0.1, -0.05) is 32.4 Å². The van der Waals surface area contributed by atoms with Gasteiger partial charge in [-0.2, -0.15) is 0 Å². The summed E-state index contributed by atoms with van der Waals surface area (Å²) in [7, 11) is 0. The summed E-state index contributed by atoms with van der Waals surface area (Å²) < 4.78 is 0. The van der Waals surface area contributed by atoms with Crippen molar-refractivity contribution in [3.63, 3.8) is 0 Å². The summed E-state index contributed by atoms with van der Waals surface area (Å²) >= 11 is 0. The maximum atomic E-state index is 5.50. The Kier molecular flexibility index (Phi) is 3.55. The molecule has 0 aromatic heterocycles. The minimum absolute atomic E-state index is 0.555. The van der Waals surface area contributed by atoms with E-state index in [1.54, 1.807) is 5.57 Å². The zero-order valence-corrected chi connectivity index (χ0v) is 9.27. The number of hydrogen-bond donors (Lipinski definition) is 1. The van der Waals surface area contributed by atoms with Crippen LogP contribution in [0.15, 0.2) is 11.6 Å². The van der Waals surface area contributed by atoms with Crippen LogP contribution in [0.4, 0.5) is 0 Å². The molecule has 1 aliphatic rings. The first kappa shape index (κ1) is 10.8. The number of hydrogen-bond acceptors (Lipinski definition) is 1. The van der Waals surface area contributed by atoms with E-state index in [9.17, 15) is 0 Å². The molecule has 0 aromatic carbocycles. The van der Waals surface area contributed by atoms with Gasteiger partial charge < -0.3 is 5.73 Å². The fourth-order valence-electron chi connectivity index (χ4n) is 2.36. The third-order valence-corrected chi connectivity index (χ3v) is 3.16. The van der Waals surface area contributed by atoms with Crippen molar-refractivity contribution in [3.8, 4) is 0 Å². The molecule has 1 fully saturated rings. The fraction of sp³-hybridized carbons (Fsp3) is 0.833. The standard InChI is InChI=1S/C12H23N/c1-10-9-12(2,3)7-6-11(10)5-4-8-13/h5,10H,4,6-9,13H2,1-3H3/b11-5+. The van der Waals surface area contributed by atoms with Crippen LogP contribution in [0.5, 0.6) is 0 Å². The van der Waals surface area contributed by atoms with Crippen LogP contribution in [0, 0.1) is 11.3 Å². The lowest BCUT2D eigenvalue weighted by Gasteiger charge is -2.35. The molecule has 0 spiro atoms. The Morgan fingerprint density at radius 2 is 2.23 bits per heavy atom. The van der Waals surface area contributed by atoms with Gasteiger partial charge in [-0.25, -0.2) is 0 Å². The molecule has 1 rings (SSSR count). The average Bonchev–Trinajstić information content (AvgIpc) is 2.02. The van der Waals surface area contributed by atoms with Gasteiger partial charge in [0, 0.05) is 0 Å². The molecule has 0 radical (unpaired) electrons. The Bertz CT molecular complexity index is 191. The Morgan fingerprint density at radius 3 is 2.77 bits per heavy atom. The minimum Gasteiger partial charge on any atom is -0.330 e. The van der Waals surface area contributed by atoms with E-state index in [2.05, 4.69) is 26.8 Å². The van der Waals surface area contributed by atoms with Gasteiger partial charge in [0.15, 0.2) is 0 Å². The van der Waals surface area contributed by atoms with Crippen molar-refractivity contribution in [3.05, 3.63) is 11.6 Å². The van der Waals surface area contributed by atoms with Gasteiger partial charge in [-0.3, -0.25) is 0 Å². The second kappa shape index (κ2) is 4.28. The highest BCUT2D eigenvalue weighted by Crippen LogP contribution is 2.41. The van der Waals surface area contributed by atoms with Crippen LogP contribution in [-0.2, 0) is 0 Å². The summed E-state index contributed by atoms with van der Waals surface area (Å²) in [6, 6.07) is 0. The fourth-order valence-corrected chi connectivity index (χ4v) is 2.36. The quantitative estimate of drug-likeness (QED) is 0.651. The van der Waals surface area contributed by atoms with Gasteiger partial charge in [-0.15, -0.1) is 0 Å². The normalized spacial score (nSPS) is 30.8. The van der Waals surface area contributed by atoms with Gasteiger partial charge in [0.05, 0.1) is 0 Å². The summed E-state index contributed by atoms with van der Waals surface area (Å²) in [4.78, 5) is 0. The molecule has 76 valence electrons. The van der Waals surface area contributed by atoms with Gasteiger partial charge in [0.2, 0.25) is 0 Å². The first-order valence-corrected chi connectivity index (χ1v) is 5.44. The van der Waals surface area contributed by atoms with Gasteiger partial charge in [-0.05, 0) is 43.6 Å². The van der Waals surface area contributed by atoms with E-state index in [1.807, 2.05) is 0 Å². The Hall–Kier alpha value is -0.300. The maximum Gasteiger partial charge on any atom is -0.00425 e. The van der Waals surface area contributed by atoms with E-state index >= 15 is 0 Å². The molecule has 1 aliphatic carbocycles. The van der Waals surface area contributed by atoms with Crippen molar-refractivity contribution in [2.45, 2.75) is 46.5 Å². The first-order chi connectivity index (χ1) is 6.05.